The highest BCUT2D eigenvalue weighted by atomic mass is 16.5. The molecule has 1 fully saturated rings. The fraction of sp³-hybridized carbons (Fsp3) is 0.391. The standard InChI is InChI=1S/C23H26N4O4/c1-3-16-9-6-7-14-25(16)20(28)15-26-22(29)17-10-8-13-24-21(17)27(23(26)30)18-11-4-5-12-19(18)31-2/h4-5,8,10-13,16H,3,6-7,9,14-15H2,1-2H3. The molecule has 0 spiro atoms. The van der Waals surface area contributed by atoms with E-state index < -0.39 is 11.2 Å². The maximum Gasteiger partial charge on any atom is 0.337 e. The van der Waals surface area contributed by atoms with Gasteiger partial charge in [0.2, 0.25) is 5.91 Å². The minimum atomic E-state index is -0.612. The van der Waals surface area contributed by atoms with Gasteiger partial charge in [-0.1, -0.05) is 19.1 Å². The Morgan fingerprint density at radius 1 is 1.16 bits per heavy atom. The number of pyridine rings is 1. The zero-order valence-electron chi connectivity index (χ0n) is 17.8. The third-order valence-electron chi connectivity index (χ3n) is 5.93. The molecule has 0 N–H and O–H groups in total. The minimum Gasteiger partial charge on any atom is -0.495 e. The Labute approximate surface area is 179 Å². The number of carbonyl (C=O) groups excluding carboxylic acids is 1. The molecule has 1 atom stereocenters. The van der Waals surface area contributed by atoms with E-state index in [1.54, 1.807) is 36.4 Å². The lowest BCUT2D eigenvalue weighted by atomic mass is 10.00. The molecule has 1 amide bonds. The fourth-order valence-electron chi connectivity index (χ4n) is 4.34. The number of carbonyl (C=O) groups is 1. The predicted molar refractivity (Wildman–Crippen MR) is 118 cm³/mol. The third-order valence-corrected chi connectivity index (χ3v) is 5.93. The van der Waals surface area contributed by atoms with Gasteiger partial charge < -0.3 is 9.64 Å². The van der Waals surface area contributed by atoms with Crippen LogP contribution in [0.1, 0.15) is 32.6 Å². The number of benzene rings is 1. The second-order valence-electron chi connectivity index (χ2n) is 7.70. The maximum absolute atomic E-state index is 13.5. The summed E-state index contributed by atoms with van der Waals surface area (Å²) in [6, 6.07) is 10.4. The van der Waals surface area contributed by atoms with E-state index in [0.29, 0.717) is 18.0 Å². The van der Waals surface area contributed by atoms with Crippen molar-refractivity contribution in [3.8, 4) is 11.4 Å². The van der Waals surface area contributed by atoms with E-state index in [-0.39, 0.29) is 29.5 Å². The molecule has 4 rings (SSSR count). The van der Waals surface area contributed by atoms with Gasteiger partial charge in [0, 0.05) is 18.8 Å². The van der Waals surface area contributed by atoms with Crippen molar-refractivity contribution >= 4 is 16.9 Å². The number of amides is 1. The van der Waals surface area contributed by atoms with Crippen molar-refractivity contribution in [1.82, 2.24) is 19.0 Å². The Morgan fingerprint density at radius 3 is 2.74 bits per heavy atom. The molecule has 31 heavy (non-hydrogen) atoms. The number of methoxy groups -OCH3 is 1. The van der Waals surface area contributed by atoms with Gasteiger partial charge in [0.25, 0.3) is 5.56 Å². The number of nitrogens with zero attached hydrogens (tertiary/aromatic N) is 4. The number of rotatable bonds is 5. The highest BCUT2D eigenvalue weighted by Gasteiger charge is 2.27. The lowest BCUT2D eigenvalue weighted by Crippen LogP contribution is -2.49. The molecule has 3 heterocycles. The molecule has 0 aliphatic carbocycles. The molecule has 162 valence electrons. The highest BCUT2D eigenvalue weighted by molar-refractivity contribution is 5.79. The van der Waals surface area contributed by atoms with E-state index >= 15 is 0 Å². The molecule has 8 heteroatoms. The fourth-order valence-corrected chi connectivity index (χ4v) is 4.34. The Bertz CT molecular complexity index is 1230. The number of fused-ring (bicyclic) bond motifs is 1. The molecule has 0 saturated carbocycles. The van der Waals surface area contributed by atoms with Crippen LogP contribution in [0, 0.1) is 0 Å². The number of piperidine rings is 1. The highest BCUT2D eigenvalue weighted by Crippen LogP contribution is 2.23. The number of para-hydroxylation sites is 2. The van der Waals surface area contributed by atoms with Crippen LogP contribution in [0.3, 0.4) is 0 Å². The van der Waals surface area contributed by atoms with Crippen LogP contribution in [0.5, 0.6) is 5.75 Å². The van der Waals surface area contributed by atoms with Gasteiger partial charge in [-0.05, 0) is 49.9 Å². The summed E-state index contributed by atoms with van der Waals surface area (Å²) in [7, 11) is 1.51. The summed E-state index contributed by atoms with van der Waals surface area (Å²) in [4.78, 5) is 45.9. The van der Waals surface area contributed by atoms with Crippen molar-refractivity contribution in [2.24, 2.45) is 0 Å². The van der Waals surface area contributed by atoms with Gasteiger partial charge >= 0.3 is 5.69 Å². The van der Waals surface area contributed by atoms with Gasteiger partial charge in [0.15, 0.2) is 5.65 Å². The molecule has 1 unspecified atom stereocenters. The zero-order valence-corrected chi connectivity index (χ0v) is 17.8. The van der Waals surface area contributed by atoms with E-state index in [2.05, 4.69) is 11.9 Å². The van der Waals surface area contributed by atoms with Crippen LogP contribution in [0.25, 0.3) is 16.7 Å². The van der Waals surface area contributed by atoms with Gasteiger partial charge in [0.05, 0.1) is 18.2 Å². The van der Waals surface area contributed by atoms with Gasteiger partial charge in [-0.2, -0.15) is 0 Å². The molecular weight excluding hydrogens is 396 g/mol. The third kappa shape index (κ3) is 3.73. The van der Waals surface area contributed by atoms with Gasteiger partial charge in [0.1, 0.15) is 12.3 Å². The molecule has 3 aromatic rings. The van der Waals surface area contributed by atoms with Crippen LogP contribution in [0.2, 0.25) is 0 Å². The molecular formula is C23H26N4O4. The Kier molecular flexibility index (Phi) is 5.88. The Balaban J connectivity index is 1.88. The summed E-state index contributed by atoms with van der Waals surface area (Å²) < 4.78 is 7.79. The maximum atomic E-state index is 13.5. The first kappa shape index (κ1) is 20.8. The largest absolute Gasteiger partial charge is 0.495 e. The summed E-state index contributed by atoms with van der Waals surface area (Å²) in [5.41, 5.74) is -0.434. The first-order chi connectivity index (χ1) is 15.1. The lowest BCUT2D eigenvalue weighted by Gasteiger charge is -2.35. The van der Waals surface area contributed by atoms with Crippen molar-refractivity contribution in [2.75, 3.05) is 13.7 Å². The number of hydrogen-bond acceptors (Lipinski definition) is 5. The summed E-state index contributed by atoms with van der Waals surface area (Å²) in [5, 5.41) is 0.270. The first-order valence-electron chi connectivity index (χ1n) is 10.6. The van der Waals surface area contributed by atoms with Crippen LogP contribution in [-0.4, -0.2) is 44.6 Å². The zero-order chi connectivity index (χ0) is 22.0. The number of likely N-dealkylation sites (tertiary alicyclic amines) is 1. The molecule has 1 aliphatic heterocycles. The van der Waals surface area contributed by atoms with Crippen LogP contribution < -0.4 is 16.0 Å². The lowest BCUT2D eigenvalue weighted by molar-refractivity contribution is -0.135. The normalized spacial score (nSPS) is 16.5. The summed E-state index contributed by atoms with van der Waals surface area (Å²) in [6.45, 7) is 2.41. The SMILES string of the molecule is CCC1CCCCN1C(=O)Cn1c(=O)c2cccnc2n(-c2ccccc2OC)c1=O. The number of aromatic nitrogens is 3. The topological polar surface area (TPSA) is 86.4 Å². The average Bonchev–Trinajstić information content (AvgIpc) is 2.82. The summed E-state index contributed by atoms with van der Waals surface area (Å²) in [6.07, 6.45) is 5.36. The molecule has 2 aromatic heterocycles. The molecule has 1 aliphatic rings. The van der Waals surface area contributed by atoms with Gasteiger partial charge in [-0.15, -0.1) is 0 Å². The van der Waals surface area contributed by atoms with E-state index in [4.69, 9.17) is 4.74 Å². The van der Waals surface area contributed by atoms with E-state index in [0.717, 1.165) is 30.3 Å². The van der Waals surface area contributed by atoms with Crippen molar-refractivity contribution in [3.63, 3.8) is 0 Å². The first-order valence-corrected chi connectivity index (χ1v) is 10.6. The minimum absolute atomic E-state index is 0.149. The van der Waals surface area contributed by atoms with Gasteiger partial charge in [-0.25, -0.2) is 18.9 Å². The van der Waals surface area contributed by atoms with E-state index in [9.17, 15) is 14.4 Å². The average molecular weight is 422 g/mol. The molecule has 8 nitrogen and oxygen atoms in total. The van der Waals surface area contributed by atoms with E-state index in [1.807, 2.05) is 4.90 Å². The number of hydrogen-bond donors (Lipinski definition) is 0. The van der Waals surface area contributed by atoms with Crippen molar-refractivity contribution in [2.45, 2.75) is 45.2 Å². The molecule has 0 radical (unpaired) electrons. The monoisotopic (exact) mass is 422 g/mol. The second kappa shape index (κ2) is 8.75. The van der Waals surface area contributed by atoms with Crippen molar-refractivity contribution < 1.29 is 9.53 Å². The molecule has 1 saturated heterocycles. The molecule has 0 bridgehead atoms. The summed E-state index contributed by atoms with van der Waals surface area (Å²) >= 11 is 0. The summed E-state index contributed by atoms with van der Waals surface area (Å²) in [5.74, 6) is 0.260. The van der Waals surface area contributed by atoms with Crippen LogP contribution in [0.4, 0.5) is 0 Å². The van der Waals surface area contributed by atoms with Crippen molar-refractivity contribution in [1.29, 1.82) is 0 Å². The smallest absolute Gasteiger partial charge is 0.337 e. The number of ether oxygens (including phenoxy) is 1. The van der Waals surface area contributed by atoms with Crippen LogP contribution in [-0.2, 0) is 11.3 Å². The van der Waals surface area contributed by atoms with Crippen LogP contribution in [0.15, 0.2) is 52.2 Å². The quantitative estimate of drug-likeness (QED) is 0.630. The van der Waals surface area contributed by atoms with Crippen LogP contribution >= 0.6 is 0 Å². The molecule has 1 aromatic carbocycles. The Morgan fingerprint density at radius 2 is 1.97 bits per heavy atom. The van der Waals surface area contributed by atoms with Gasteiger partial charge in [-0.3, -0.25) is 9.59 Å². The van der Waals surface area contributed by atoms with E-state index in [1.165, 1.54) is 17.9 Å². The van der Waals surface area contributed by atoms with Crippen molar-refractivity contribution in [3.05, 3.63) is 63.4 Å². The second-order valence-corrected chi connectivity index (χ2v) is 7.70. The Hall–Kier alpha value is -3.42. The predicted octanol–water partition coefficient (Wildman–Crippen LogP) is 2.35.